The molecule has 20 heavy (non-hydrogen) atoms. The SMILES string of the molecule is Cc1nc(C)c(CNc2cc(S(C)(=O)=O)ccc2C)s1. The van der Waals surface area contributed by atoms with E-state index in [2.05, 4.69) is 10.3 Å². The Kier molecular flexibility index (Phi) is 4.15. The summed E-state index contributed by atoms with van der Waals surface area (Å²) in [7, 11) is -3.18. The van der Waals surface area contributed by atoms with Gasteiger partial charge in [0.15, 0.2) is 9.84 Å². The molecule has 1 aromatic carbocycles. The van der Waals surface area contributed by atoms with E-state index in [1.807, 2.05) is 26.8 Å². The number of aromatic nitrogens is 1. The summed E-state index contributed by atoms with van der Waals surface area (Å²) in [6.07, 6.45) is 1.22. The minimum Gasteiger partial charge on any atom is -0.380 e. The molecule has 0 saturated heterocycles. The van der Waals surface area contributed by atoms with Crippen molar-refractivity contribution in [1.82, 2.24) is 4.98 Å². The normalized spacial score (nSPS) is 11.6. The monoisotopic (exact) mass is 310 g/mol. The van der Waals surface area contributed by atoms with E-state index in [1.165, 1.54) is 11.1 Å². The van der Waals surface area contributed by atoms with Gasteiger partial charge in [-0.15, -0.1) is 11.3 Å². The molecule has 0 saturated carbocycles. The number of nitrogens with one attached hydrogen (secondary N) is 1. The highest BCUT2D eigenvalue weighted by Crippen LogP contribution is 2.23. The van der Waals surface area contributed by atoms with Gasteiger partial charge in [-0.25, -0.2) is 13.4 Å². The molecule has 2 rings (SSSR count). The van der Waals surface area contributed by atoms with Gasteiger partial charge in [0.1, 0.15) is 0 Å². The van der Waals surface area contributed by atoms with Crippen molar-refractivity contribution < 1.29 is 8.42 Å². The quantitative estimate of drug-likeness (QED) is 0.943. The zero-order valence-electron chi connectivity index (χ0n) is 12.0. The highest BCUT2D eigenvalue weighted by molar-refractivity contribution is 7.90. The molecule has 2 aromatic rings. The van der Waals surface area contributed by atoms with Crippen LogP contribution in [0.4, 0.5) is 5.69 Å². The zero-order valence-corrected chi connectivity index (χ0v) is 13.7. The molecule has 0 atom stereocenters. The maximum atomic E-state index is 11.6. The highest BCUT2D eigenvalue weighted by atomic mass is 32.2. The van der Waals surface area contributed by atoms with E-state index in [4.69, 9.17) is 0 Å². The van der Waals surface area contributed by atoms with Crippen LogP contribution in [0.25, 0.3) is 0 Å². The fraction of sp³-hybridized carbons (Fsp3) is 0.357. The van der Waals surface area contributed by atoms with Gasteiger partial charge in [0, 0.05) is 16.8 Å². The van der Waals surface area contributed by atoms with Gasteiger partial charge in [-0.3, -0.25) is 0 Å². The van der Waals surface area contributed by atoms with E-state index in [0.717, 1.165) is 22.0 Å². The number of thiazole rings is 1. The van der Waals surface area contributed by atoms with Gasteiger partial charge in [-0.1, -0.05) is 6.07 Å². The maximum Gasteiger partial charge on any atom is 0.175 e. The molecule has 0 unspecified atom stereocenters. The second-order valence-corrected chi connectivity index (χ2v) is 8.15. The summed E-state index contributed by atoms with van der Waals surface area (Å²) in [5.41, 5.74) is 2.89. The van der Waals surface area contributed by atoms with Gasteiger partial charge in [0.25, 0.3) is 0 Å². The van der Waals surface area contributed by atoms with Crippen LogP contribution >= 0.6 is 11.3 Å². The number of benzene rings is 1. The van der Waals surface area contributed by atoms with Crippen molar-refractivity contribution in [2.75, 3.05) is 11.6 Å². The van der Waals surface area contributed by atoms with Gasteiger partial charge < -0.3 is 5.32 Å². The molecule has 108 valence electrons. The van der Waals surface area contributed by atoms with Crippen molar-refractivity contribution in [1.29, 1.82) is 0 Å². The molecule has 0 radical (unpaired) electrons. The third-order valence-electron chi connectivity index (χ3n) is 3.08. The van der Waals surface area contributed by atoms with Crippen molar-refractivity contribution in [3.8, 4) is 0 Å². The number of sulfone groups is 1. The molecule has 6 heteroatoms. The summed E-state index contributed by atoms with van der Waals surface area (Å²) in [5.74, 6) is 0. The van der Waals surface area contributed by atoms with Crippen LogP contribution in [0, 0.1) is 20.8 Å². The van der Waals surface area contributed by atoms with Gasteiger partial charge in [0.05, 0.1) is 22.1 Å². The van der Waals surface area contributed by atoms with Crippen molar-refractivity contribution in [3.63, 3.8) is 0 Å². The standard InChI is InChI=1S/C14H18N2O2S2/c1-9-5-6-12(20(4,17)18)7-13(9)15-8-14-10(2)16-11(3)19-14/h5-7,15H,8H2,1-4H3. The first-order valence-electron chi connectivity index (χ1n) is 6.25. The Labute approximate surface area is 123 Å². The van der Waals surface area contributed by atoms with Crippen molar-refractivity contribution in [2.24, 2.45) is 0 Å². The van der Waals surface area contributed by atoms with Gasteiger partial charge in [-0.05, 0) is 38.5 Å². The van der Waals surface area contributed by atoms with Crippen LogP contribution in [0.1, 0.15) is 21.1 Å². The molecule has 0 amide bonds. The van der Waals surface area contributed by atoms with Crippen LogP contribution in [0.15, 0.2) is 23.1 Å². The Bertz CT molecular complexity index is 734. The fourth-order valence-corrected chi connectivity index (χ4v) is 3.46. The van der Waals surface area contributed by atoms with E-state index >= 15 is 0 Å². The van der Waals surface area contributed by atoms with Crippen molar-refractivity contribution in [3.05, 3.63) is 39.3 Å². The molecule has 0 bridgehead atoms. The molecular formula is C14H18N2O2S2. The lowest BCUT2D eigenvalue weighted by Crippen LogP contribution is -2.03. The van der Waals surface area contributed by atoms with Gasteiger partial charge in [0.2, 0.25) is 0 Å². The van der Waals surface area contributed by atoms with Crippen molar-refractivity contribution in [2.45, 2.75) is 32.2 Å². The number of hydrogen-bond donors (Lipinski definition) is 1. The molecule has 0 aliphatic carbocycles. The molecular weight excluding hydrogens is 292 g/mol. The average Bonchev–Trinajstić information content (AvgIpc) is 2.65. The van der Waals surface area contributed by atoms with Gasteiger partial charge >= 0.3 is 0 Å². The highest BCUT2D eigenvalue weighted by Gasteiger charge is 2.10. The van der Waals surface area contributed by atoms with E-state index in [0.29, 0.717) is 11.4 Å². The third-order valence-corrected chi connectivity index (χ3v) is 5.26. The van der Waals surface area contributed by atoms with Crippen LogP contribution in [0.5, 0.6) is 0 Å². The Morgan fingerprint density at radius 3 is 2.50 bits per heavy atom. The van der Waals surface area contributed by atoms with Crippen LogP contribution in [0.2, 0.25) is 0 Å². The summed E-state index contributed by atoms with van der Waals surface area (Å²) in [6, 6.07) is 5.15. The zero-order chi connectivity index (χ0) is 14.9. The lowest BCUT2D eigenvalue weighted by molar-refractivity contribution is 0.602. The Morgan fingerprint density at radius 1 is 1.25 bits per heavy atom. The maximum absolute atomic E-state index is 11.6. The fourth-order valence-electron chi connectivity index (χ4n) is 1.94. The predicted octanol–water partition coefficient (Wildman–Crippen LogP) is 3.08. The van der Waals surface area contributed by atoms with E-state index < -0.39 is 9.84 Å². The van der Waals surface area contributed by atoms with Gasteiger partial charge in [-0.2, -0.15) is 0 Å². The molecule has 0 aliphatic heterocycles. The molecule has 1 heterocycles. The first-order chi connectivity index (χ1) is 9.27. The number of hydrogen-bond acceptors (Lipinski definition) is 5. The van der Waals surface area contributed by atoms with E-state index in [9.17, 15) is 8.42 Å². The smallest absolute Gasteiger partial charge is 0.175 e. The number of aryl methyl sites for hydroxylation is 3. The summed E-state index contributed by atoms with van der Waals surface area (Å²) in [4.78, 5) is 5.89. The lowest BCUT2D eigenvalue weighted by atomic mass is 10.2. The van der Waals surface area contributed by atoms with Crippen LogP contribution in [0.3, 0.4) is 0 Å². The van der Waals surface area contributed by atoms with Crippen molar-refractivity contribution >= 4 is 26.9 Å². The first-order valence-corrected chi connectivity index (χ1v) is 8.95. The number of nitrogens with zero attached hydrogens (tertiary/aromatic N) is 1. The largest absolute Gasteiger partial charge is 0.380 e. The van der Waals surface area contributed by atoms with E-state index in [-0.39, 0.29) is 0 Å². The molecule has 4 nitrogen and oxygen atoms in total. The Morgan fingerprint density at radius 2 is 1.95 bits per heavy atom. The summed E-state index contributed by atoms with van der Waals surface area (Å²) in [6.45, 7) is 6.58. The van der Waals surface area contributed by atoms with Crippen LogP contribution in [-0.2, 0) is 16.4 Å². The first kappa shape index (κ1) is 15.0. The Hall–Kier alpha value is -1.40. The van der Waals surface area contributed by atoms with E-state index in [1.54, 1.807) is 23.5 Å². The Balaban J connectivity index is 2.23. The average molecular weight is 310 g/mol. The summed E-state index contributed by atoms with van der Waals surface area (Å²) < 4.78 is 23.2. The molecule has 0 spiro atoms. The minimum atomic E-state index is -3.18. The minimum absolute atomic E-state index is 0.336. The number of anilines is 1. The molecule has 1 aromatic heterocycles. The predicted molar refractivity (Wildman–Crippen MR) is 83.2 cm³/mol. The van der Waals surface area contributed by atoms with Crippen LogP contribution < -0.4 is 5.32 Å². The molecule has 0 fully saturated rings. The van der Waals surface area contributed by atoms with Crippen LogP contribution in [-0.4, -0.2) is 19.7 Å². The molecule has 1 N–H and O–H groups in total. The third kappa shape index (κ3) is 3.37. The second-order valence-electron chi connectivity index (χ2n) is 4.84. The summed E-state index contributed by atoms with van der Waals surface area (Å²) in [5, 5.41) is 4.34. The number of rotatable bonds is 4. The lowest BCUT2D eigenvalue weighted by Gasteiger charge is -2.10. The topological polar surface area (TPSA) is 59.1 Å². The molecule has 0 aliphatic rings. The summed E-state index contributed by atoms with van der Waals surface area (Å²) >= 11 is 1.66. The second kappa shape index (κ2) is 5.54.